The summed E-state index contributed by atoms with van der Waals surface area (Å²) in [6.45, 7) is 6.21. The smallest absolute Gasteiger partial charge is 0.261 e. The summed E-state index contributed by atoms with van der Waals surface area (Å²) < 4.78 is 19.1. The Hall–Kier alpha value is -2.89. The highest BCUT2D eigenvalue weighted by Gasteiger charge is 2.26. The van der Waals surface area contributed by atoms with E-state index >= 15 is 0 Å². The van der Waals surface area contributed by atoms with E-state index in [-0.39, 0.29) is 30.7 Å². The molecule has 29 heavy (non-hydrogen) atoms. The molecular formula is C23H29FN2O3. The molecule has 2 aromatic carbocycles. The van der Waals surface area contributed by atoms with E-state index in [1.165, 1.54) is 17.0 Å². The van der Waals surface area contributed by atoms with Crippen molar-refractivity contribution in [1.82, 2.24) is 10.2 Å². The fraction of sp³-hybridized carbons (Fsp3) is 0.391. The topological polar surface area (TPSA) is 58.6 Å². The maximum absolute atomic E-state index is 13.8. The van der Waals surface area contributed by atoms with E-state index in [1.54, 1.807) is 19.1 Å². The van der Waals surface area contributed by atoms with Crippen LogP contribution in [0.15, 0.2) is 48.5 Å². The highest BCUT2D eigenvalue weighted by atomic mass is 19.1. The molecule has 0 fully saturated rings. The lowest BCUT2D eigenvalue weighted by Crippen LogP contribution is -2.49. The monoisotopic (exact) mass is 400 g/mol. The SMILES string of the molecule is CCCCNC(=O)[C@H](C)N(Cc1ccc(C)cc1)C(=O)COc1ccccc1F. The molecule has 2 rings (SSSR count). The van der Waals surface area contributed by atoms with Gasteiger partial charge in [-0.05, 0) is 38.0 Å². The second-order valence-electron chi connectivity index (χ2n) is 7.05. The van der Waals surface area contributed by atoms with Gasteiger partial charge in [-0.3, -0.25) is 9.59 Å². The molecular weight excluding hydrogens is 371 g/mol. The van der Waals surface area contributed by atoms with E-state index in [9.17, 15) is 14.0 Å². The lowest BCUT2D eigenvalue weighted by molar-refractivity contribution is -0.142. The fourth-order valence-corrected chi connectivity index (χ4v) is 2.79. The maximum Gasteiger partial charge on any atom is 0.261 e. The van der Waals surface area contributed by atoms with E-state index in [1.807, 2.05) is 38.1 Å². The molecule has 0 bridgehead atoms. The Bertz CT molecular complexity index is 808. The molecule has 0 aliphatic carbocycles. The van der Waals surface area contributed by atoms with Crippen LogP contribution in [0.4, 0.5) is 4.39 Å². The molecule has 0 aliphatic heterocycles. The van der Waals surface area contributed by atoms with Gasteiger partial charge in [-0.1, -0.05) is 55.3 Å². The number of nitrogens with zero attached hydrogens (tertiary/aromatic N) is 1. The van der Waals surface area contributed by atoms with Crippen LogP contribution in [0.1, 0.15) is 37.8 Å². The number of unbranched alkanes of at least 4 members (excludes halogenated alkanes) is 1. The van der Waals surface area contributed by atoms with Crippen LogP contribution in [0.2, 0.25) is 0 Å². The second-order valence-corrected chi connectivity index (χ2v) is 7.05. The van der Waals surface area contributed by atoms with Crippen molar-refractivity contribution in [3.05, 3.63) is 65.5 Å². The quantitative estimate of drug-likeness (QED) is 0.617. The number of carbonyl (C=O) groups excluding carboxylic acids is 2. The summed E-state index contributed by atoms with van der Waals surface area (Å²) in [5, 5.41) is 2.86. The summed E-state index contributed by atoms with van der Waals surface area (Å²) in [4.78, 5) is 26.9. The largest absolute Gasteiger partial charge is 0.481 e. The van der Waals surface area contributed by atoms with Crippen molar-refractivity contribution in [2.45, 2.75) is 46.2 Å². The minimum absolute atomic E-state index is 0.0104. The lowest BCUT2D eigenvalue weighted by Gasteiger charge is -2.28. The molecule has 2 amide bonds. The average Bonchev–Trinajstić information content (AvgIpc) is 2.72. The number of carbonyl (C=O) groups is 2. The molecule has 6 heteroatoms. The Morgan fingerprint density at radius 3 is 2.48 bits per heavy atom. The first-order chi connectivity index (χ1) is 13.9. The van der Waals surface area contributed by atoms with Crippen LogP contribution in [0.3, 0.4) is 0 Å². The number of halogens is 1. The summed E-state index contributed by atoms with van der Waals surface area (Å²) >= 11 is 0. The van der Waals surface area contributed by atoms with Crippen molar-refractivity contribution in [3.63, 3.8) is 0 Å². The van der Waals surface area contributed by atoms with Crippen LogP contribution in [0.5, 0.6) is 5.75 Å². The van der Waals surface area contributed by atoms with Crippen molar-refractivity contribution >= 4 is 11.8 Å². The molecule has 0 saturated heterocycles. The first-order valence-corrected chi connectivity index (χ1v) is 9.92. The summed E-state index contributed by atoms with van der Waals surface area (Å²) in [5.74, 6) is -1.12. The van der Waals surface area contributed by atoms with Gasteiger partial charge >= 0.3 is 0 Å². The van der Waals surface area contributed by atoms with Crippen LogP contribution in [-0.2, 0) is 16.1 Å². The minimum Gasteiger partial charge on any atom is -0.481 e. The normalized spacial score (nSPS) is 11.6. The van der Waals surface area contributed by atoms with Crippen LogP contribution in [0.25, 0.3) is 0 Å². The molecule has 1 N–H and O–H groups in total. The third-order valence-corrected chi connectivity index (χ3v) is 4.66. The van der Waals surface area contributed by atoms with Crippen LogP contribution >= 0.6 is 0 Å². The van der Waals surface area contributed by atoms with Crippen molar-refractivity contribution in [2.24, 2.45) is 0 Å². The standard InChI is InChI=1S/C23H29FN2O3/c1-4-5-14-25-23(28)18(3)26(15-19-12-10-17(2)11-13-19)22(27)16-29-21-9-7-6-8-20(21)24/h6-13,18H,4-5,14-16H2,1-3H3,(H,25,28)/t18-/m0/s1. The molecule has 0 spiro atoms. The van der Waals surface area contributed by atoms with Crippen molar-refractivity contribution in [3.8, 4) is 5.75 Å². The van der Waals surface area contributed by atoms with E-state index in [0.29, 0.717) is 6.54 Å². The minimum atomic E-state index is -0.676. The zero-order chi connectivity index (χ0) is 21.2. The van der Waals surface area contributed by atoms with E-state index in [4.69, 9.17) is 4.74 Å². The van der Waals surface area contributed by atoms with Crippen LogP contribution in [0, 0.1) is 12.7 Å². The zero-order valence-electron chi connectivity index (χ0n) is 17.3. The Kier molecular flexibility index (Phi) is 8.65. The number of rotatable bonds is 10. The number of para-hydroxylation sites is 1. The van der Waals surface area contributed by atoms with Gasteiger partial charge in [-0.25, -0.2) is 4.39 Å². The second kappa shape index (κ2) is 11.2. The van der Waals surface area contributed by atoms with Gasteiger partial charge in [0.15, 0.2) is 18.2 Å². The molecule has 0 heterocycles. The van der Waals surface area contributed by atoms with Gasteiger partial charge in [0, 0.05) is 13.1 Å². The van der Waals surface area contributed by atoms with E-state index < -0.39 is 11.9 Å². The van der Waals surface area contributed by atoms with E-state index in [2.05, 4.69) is 5.32 Å². The number of benzene rings is 2. The number of hydrogen-bond acceptors (Lipinski definition) is 3. The maximum atomic E-state index is 13.8. The first-order valence-electron chi connectivity index (χ1n) is 9.92. The number of nitrogens with one attached hydrogen (secondary N) is 1. The lowest BCUT2D eigenvalue weighted by atomic mass is 10.1. The number of amides is 2. The summed E-state index contributed by atoms with van der Waals surface area (Å²) in [7, 11) is 0. The molecule has 2 aromatic rings. The molecule has 156 valence electrons. The molecule has 0 radical (unpaired) electrons. The Morgan fingerprint density at radius 2 is 1.83 bits per heavy atom. The zero-order valence-corrected chi connectivity index (χ0v) is 17.3. The first kappa shape index (κ1) is 22.4. The van der Waals surface area contributed by atoms with Crippen LogP contribution < -0.4 is 10.1 Å². The Morgan fingerprint density at radius 1 is 1.14 bits per heavy atom. The fourth-order valence-electron chi connectivity index (χ4n) is 2.79. The van der Waals surface area contributed by atoms with Gasteiger partial charge in [0.2, 0.25) is 5.91 Å². The molecule has 1 atom stereocenters. The van der Waals surface area contributed by atoms with Gasteiger partial charge < -0.3 is 15.0 Å². The number of aryl methyl sites for hydroxylation is 1. The summed E-state index contributed by atoms with van der Waals surface area (Å²) in [5.41, 5.74) is 2.02. The number of ether oxygens (including phenoxy) is 1. The predicted molar refractivity (Wildman–Crippen MR) is 111 cm³/mol. The Labute approximate surface area is 171 Å². The average molecular weight is 400 g/mol. The molecule has 0 aromatic heterocycles. The van der Waals surface area contributed by atoms with Crippen molar-refractivity contribution in [2.75, 3.05) is 13.2 Å². The van der Waals surface area contributed by atoms with Gasteiger partial charge in [0.1, 0.15) is 6.04 Å². The van der Waals surface area contributed by atoms with Gasteiger partial charge in [0.25, 0.3) is 5.91 Å². The molecule has 0 saturated carbocycles. The third-order valence-electron chi connectivity index (χ3n) is 4.66. The molecule has 5 nitrogen and oxygen atoms in total. The third kappa shape index (κ3) is 6.89. The summed E-state index contributed by atoms with van der Waals surface area (Å²) in [6.07, 6.45) is 1.85. The van der Waals surface area contributed by atoms with Crippen LogP contribution in [-0.4, -0.2) is 35.9 Å². The van der Waals surface area contributed by atoms with Crippen molar-refractivity contribution in [1.29, 1.82) is 0 Å². The van der Waals surface area contributed by atoms with Crippen molar-refractivity contribution < 1.29 is 18.7 Å². The number of hydrogen-bond donors (Lipinski definition) is 1. The Balaban J connectivity index is 2.11. The van der Waals surface area contributed by atoms with Gasteiger partial charge in [-0.2, -0.15) is 0 Å². The highest BCUT2D eigenvalue weighted by molar-refractivity contribution is 5.87. The molecule has 0 aliphatic rings. The predicted octanol–water partition coefficient (Wildman–Crippen LogP) is 3.85. The highest BCUT2D eigenvalue weighted by Crippen LogP contribution is 2.16. The van der Waals surface area contributed by atoms with Gasteiger partial charge in [0.05, 0.1) is 0 Å². The molecule has 0 unspecified atom stereocenters. The van der Waals surface area contributed by atoms with Gasteiger partial charge in [-0.15, -0.1) is 0 Å². The summed E-state index contributed by atoms with van der Waals surface area (Å²) in [6, 6.07) is 13.0. The van der Waals surface area contributed by atoms with E-state index in [0.717, 1.165) is 24.0 Å².